The SMILES string of the molecule is CCC1(c2nnc(CN)s2)CCCC1. The molecule has 2 rings (SSSR count). The quantitative estimate of drug-likeness (QED) is 0.834. The maximum absolute atomic E-state index is 5.55. The monoisotopic (exact) mass is 211 g/mol. The van der Waals surface area contributed by atoms with Crippen molar-refractivity contribution in [2.75, 3.05) is 0 Å². The van der Waals surface area contributed by atoms with Gasteiger partial charge in [-0.05, 0) is 19.3 Å². The number of rotatable bonds is 3. The van der Waals surface area contributed by atoms with Gasteiger partial charge in [0.05, 0.1) is 0 Å². The predicted octanol–water partition coefficient (Wildman–Crippen LogP) is 2.22. The Balaban J connectivity index is 2.26. The van der Waals surface area contributed by atoms with Crippen LogP contribution in [-0.4, -0.2) is 10.2 Å². The number of hydrogen-bond acceptors (Lipinski definition) is 4. The minimum Gasteiger partial charge on any atom is -0.324 e. The highest BCUT2D eigenvalue weighted by atomic mass is 32.1. The molecule has 1 aliphatic carbocycles. The van der Waals surface area contributed by atoms with Crippen molar-refractivity contribution in [3.8, 4) is 0 Å². The van der Waals surface area contributed by atoms with Crippen LogP contribution in [0.4, 0.5) is 0 Å². The molecule has 1 heterocycles. The van der Waals surface area contributed by atoms with E-state index in [2.05, 4.69) is 17.1 Å². The highest BCUT2D eigenvalue weighted by molar-refractivity contribution is 7.11. The van der Waals surface area contributed by atoms with Crippen LogP contribution in [0.25, 0.3) is 0 Å². The van der Waals surface area contributed by atoms with Crippen LogP contribution in [0.1, 0.15) is 49.0 Å². The lowest BCUT2D eigenvalue weighted by Crippen LogP contribution is -2.20. The van der Waals surface area contributed by atoms with E-state index in [0.717, 1.165) is 5.01 Å². The molecule has 1 aromatic rings. The first kappa shape index (κ1) is 10.1. The molecule has 1 fully saturated rings. The molecule has 1 saturated carbocycles. The standard InChI is InChI=1S/C10H17N3S/c1-2-10(5-3-4-6-10)9-13-12-8(7-11)14-9/h2-7,11H2,1H3. The summed E-state index contributed by atoms with van der Waals surface area (Å²) in [6, 6.07) is 0. The third-order valence-electron chi connectivity index (χ3n) is 3.33. The van der Waals surface area contributed by atoms with Gasteiger partial charge in [-0.2, -0.15) is 0 Å². The molecule has 0 unspecified atom stereocenters. The van der Waals surface area contributed by atoms with Crippen LogP contribution in [0.15, 0.2) is 0 Å². The summed E-state index contributed by atoms with van der Waals surface area (Å²) in [6.07, 6.45) is 6.42. The fourth-order valence-corrected chi connectivity index (χ4v) is 3.36. The van der Waals surface area contributed by atoms with Gasteiger partial charge in [0.25, 0.3) is 0 Å². The zero-order valence-corrected chi connectivity index (χ0v) is 9.44. The average Bonchev–Trinajstić information content (AvgIpc) is 2.87. The molecule has 78 valence electrons. The van der Waals surface area contributed by atoms with Crippen LogP contribution < -0.4 is 5.73 Å². The Morgan fingerprint density at radius 2 is 2.07 bits per heavy atom. The van der Waals surface area contributed by atoms with Gasteiger partial charge in [-0.25, -0.2) is 0 Å². The smallest absolute Gasteiger partial charge is 0.131 e. The molecular formula is C10H17N3S. The van der Waals surface area contributed by atoms with Gasteiger partial charge >= 0.3 is 0 Å². The lowest BCUT2D eigenvalue weighted by atomic mass is 9.84. The highest BCUT2D eigenvalue weighted by Gasteiger charge is 2.36. The van der Waals surface area contributed by atoms with Gasteiger partial charge < -0.3 is 5.73 Å². The molecule has 0 saturated heterocycles. The normalized spacial score (nSPS) is 20.1. The van der Waals surface area contributed by atoms with Crippen LogP contribution >= 0.6 is 11.3 Å². The molecule has 0 spiro atoms. The molecule has 1 aliphatic rings. The summed E-state index contributed by atoms with van der Waals surface area (Å²) in [6.45, 7) is 2.78. The second kappa shape index (κ2) is 3.95. The van der Waals surface area contributed by atoms with Crippen molar-refractivity contribution in [3.63, 3.8) is 0 Å². The number of nitrogens with two attached hydrogens (primary N) is 1. The highest BCUT2D eigenvalue weighted by Crippen LogP contribution is 2.44. The van der Waals surface area contributed by atoms with E-state index >= 15 is 0 Å². The topological polar surface area (TPSA) is 51.8 Å². The van der Waals surface area contributed by atoms with Gasteiger partial charge in [0.1, 0.15) is 10.0 Å². The van der Waals surface area contributed by atoms with E-state index in [1.807, 2.05) is 0 Å². The molecule has 4 heteroatoms. The Morgan fingerprint density at radius 1 is 1.36 bits per heavy atom. The van der Waals surface area contributed by atoms with E-state index < -0.39 is 0 Å². The molecule has 0 aromatic carbocycles. The zero-order valence-electron chi connectivity index (χ0n) is 8.62. The van der Waals surface area contributed by atoms with Crippen molar-refractivity contribution in [2.45, 2.75) is 51.0 Å². The molecular weight excluding hydrogens is 194 g/mol. The number of hydrogen-bond donors (Lipinski definition) is 1. The maximum atomic E-state index is 5.55. The van der Waals surface area contributed by atoms with Crippen molar-refractivity contribution >= 4 is 11.3 Å². The van der Waals surface area contributed by atoms with E-state index in [-0.39, 0.29) is 0 Å². The second-order valence-electron chi connectivity index (χ2n) is 4.05. The first-order valence-corrected chi connectivity index (χ1v) is 6.15. The van der Waals surface area contributed by atoms with Crippen molar-refractivity contribution in [1.82, 2.24) is 10.2 Å². The third-order valence-corrected chi connectivity index (χ3v) is 4.52. The van der Waals surface area contributed by atoms with Crippen LogP contribution in [0.5, 0.6) is 0 Å². The first-order valence-electron chi connectivity index (χ1n) is 5.34. The minimum absolute atomic E-state index is 0.338. The maximum Gasteiger partial charge on any atom is 0.131 e. The van der Waals surface area contributed by atoms with Crippen LogP contribution in [0.2, 0.25) is 0 Å². The molecule has 3 nitrogen and oxygen atoms in total. The van der Waals surface area contributed by atoms with Crippen molar-refractivity contribution in [3.05, 3.63) is 10.0 Å². The Bertz CT molecular complexity index is 302. The summed E-state index contributed by atoms with van der Waals surface area (Å²) >= 11 is 1.71. The summed E-state index contributed by atoms with van der Waals surface area (Å²) in [4.78, 5) is 0. The van der Waals surface area contributed by atoms with E-state index in [1.165, 1.54) is 37.1 Å². The minimum atomic E-state index is 0.338. The summed E-state index contributed by atoms with van der Waals surface area (Å²) < 4.78 is 0. The van der Waals surface area contributed by atoms with Gasteiger partial charge in [-0.1, -0.05) is 31.1 Å². The fraction of sp³-hybridized carbons (Fsp3) is 0.800. The van der Waals surface area contributed by atoms with Crippen molar-refractivity contribution in [1.29, 1.82) is 0 Å². The lowest BCUT2D eigenvalue weighted by molar-refractivity contribution is 0.419. The average molecular weight is 211 g/mol. The fourth-order valence-electron chi connectivity index (χ4n) is 2.32. The van der Waals surface area contributed by atoms with Gasteiger partial charge in [-0.15, -0.1) is 10.2 Å². The molecule has 0 aliphatic heterocycles. The van der Waals surface area contributed by atoms with E-state index in [0.29, 0.717) is 12.0 Å². The van der Waals surface area contributed by atoms with E-state index in [4.69, 9.17) is 5.73 Å². The van der Waals surface area contributed by atoms with Crippen LogP contribution in [0, 0.1) is 0 Å². The molecule has 14 heavy (non-hydrogen) atoms. The second-order valence-corrected chi connectivity index (χ2v) is 5.11. The van der Waals surface area contributed by atoms with Crippen LogP contribution in [-0.2, 0) is 12.0 Å². The Labute approximate surface area is 88.7 Å². The molecule has 2 N–H and O–H groups in total. The Kier molecular flexibility index (Phi) is 2.83. The summed E-state index contributed by atoms with van der Waals surface area (Å²) in [5.74, 6) is 0. The van der Waals surface area contributed by atoms with Gasteiger partial charge in [0.15, 0.2) is 0 Å². The van der Waals surface area contributed by atoms with Gasteiger partial charge in [-0.3, -0.25) is 0 Å². The molecule has 1 aromatic heterocycles. The molecule has 0 atom stereocenters. The van der Waals surface area contributed by atoms with Crippen molar-refractivity contribution in [2.24, 2.45) is 5.73 Å². The molecule has 0 bridgehead atoms. The Morgan fingerprint density at radius 3 is 2.57 bits per heavy atom. The number of nitrogens with zero attached hydrogens (tertiary/aromatic N) is 2. The van der Waals surface area contributed by atoms with Gasteiger partial charge in [0, 0.05) is 12.0 Å². The Hall–Kier alpha value is -0.480. The number of aromatic nitrogens is 2. The van der Waals surface area contributed by atoms with Gasteiger partial charge in [0.2, 0.25) is 0 Å². The molecule has 0 radical (unpaired) electrons. The van der Waals surface area contributed by atoms with E-state index in [9.17, 15) is 0 Å². The molecule has 0 amide bonds. The third kappa shape index (κ3) is 1.57. The largest absolute Gasteiger partial charge is 0.324 e. The van der Waals surface area contributed by atoms with E-state index in [1.54, 1.807) is 11.3 Å². The summed E-state index contributed by atoms with van der Waals surface area (Å²) in [5, 5.41) is 10.6. The lowest BCUT2D eigenvalue weighted by Gasteiger charge is -2.23. The first-order chi connectivity index (χ1) is 6.80. The van der Waals surface area contributed by atoms with Crippen LogP contribution in [0.3, 0.4) is 0 Å². The van der Waals surface area contributed by atoms with Crippen molar-refractivity contribution < 1.29 is 0 Å². The summed E-state index contributed by atoms with van der Waals surface area (Å²) in [7, 11) is 0. The predicted molar refractivity (Wildman–Crippen MR) is 58.2 cm³/mol. The zero-order chi connectivity index (χ0) is 10.0. The summed E-state index contributed by atoms with van der Waals surface area (Å²) in [5.41, 5.74) is 5.89.